The zero-order valence-corrected chi connectivity index (χ0v) is 14.9. The molecule has 1 fully saturated rings. The van der Waals surface area contributed by atoms with Gasteiger partial charge < -0.3 is 0 Å². The molecule has 0 saturated heterocycles. The lowest BCUT2D eigenvalue weighted by Crippen LogP contribution is -2.61. The molecule has 4 nitrogen and oxygen atoms in total. The number of allylic oxidation sites excluding steroid dienone is 1. The molecular weight excluding hydrogens is 422 g/mol. The van der Waals surface area contributed by atoms with Gasteiger partial charge in [-0.2, -0.15) is 26.3 Å². The molecule has 27 heavy (non-hydrogen) atoms. The Kier molecular flexibility index (Phi) is 4.28. The largest absolute Gasteiger partial charge is 0.499 e. The molecule has 0 atom stereocenters. The van der Waals surface area contributed by atoms with E-state index in [1.165, 1.54) is 18.2 Å². The molecule has 1 aromatic carbocycles. The van der Waals surface area contributed by atoms with Crippen molar-refractivity contribution in [3.05, 3.63) is 41.5 Å². The third-order valence-corrected chi connectivity index (χ3v) is 9.70. The van der Waals surface area contributed by atoms with Crippen LogP contribution < -0.4 is 0 Å². The molecule has 3 rings (SSSR count). The van der Waals surface area contributed by atoms with Crippen LogP contribution in [-0.2, 0) is 19.7 Å². The number of alkyl halides is 6. The fraction of sp³-hybridized carbons (Fsp3) is 0.467. The van der Waals surface area contributed by atoms with E-state index >= 15 is 0 Å². The Hall–Kier alpha value is -1.56. The highest BCUT2D eigenvalue weighted by molar-refractivity contribution is 8.12. The van der Waals surface area contributed by atoms with Gasteiger partial charge >= 0.3 is 11.0 Å². The fourth-order valence-corrected chi connectivity index (χ4v) is 7.53. The normalized spacial score (nSPS) is 21.1. The summed E-state index contributed by atoms with van der Waals surface area (Å²) in [7, 11) is -13.5. The maximum Gasteiger partial charge on any atom is 0.499 e. The molecule has 2 aliphatic rings. The van der Waals surface area contributed by atoms with Crippen LogP contribution in [0.5, 0.6) is 0 Å². The lowest BCUT2D eigenvalue weighted by molar-refractivity contribution is -0.0485. The molecule has 0 amide bonds. The van der Waals surface area contributed by atoms with Crippen LogP contribution in [0.25, 0.3) is 5.57 Å². The molecule has 1 aromatic rings. The van der Waals surface area contributed by atoms with Crippen molar-refractivity contribution in [1.82, 2.24) is 0 Å². The molecule has 1 saturated carbocycles. The van der Waals surface area contributed by atoms with Crippen molar-refractivity contribution in [3.63, 3.8) is 0 Å². The van der Waals surface area contributed by atoms with Gasteiger partial charge in [0, 0.05) is 6.42 Å². The molecule has 2 aliphatic carbocycles. The van der Waals surface area contributed by atoms with Crippen LogP contribution in [0.1, 0.15) is 24.8 Å². The number of hydrogen-bond acceptors (Lipinski definition) is 4. The summed E-state index contributed by atoms with van der Waals surface area (Å²) in [5, 5.41) is 0. The average Bonchev–Trinajstić information content (AvgIpc) is 3.29. The second kappa shape index (κ2) is 5.72. The first-order chi connectivity index (χ1) is 12.2. The highest BCUT2D eigenvalue weighted by atomic mass is 32.3. The van der Waals surface area contributed by atoms with Gasteiger partial charge in [0.1, 0.15) is 0 Å². The topological polar surface area (TPSA) is 68.3 Å². The van der Waals surface area contributed by atoms with E-state index in [-0.39, 0.29) is 11.1 Å². The standard InChI is InChI=1S/C15H12F6O4S2/c16-14(17,18)26(22,23)13(27(24,25)15(19,20)21)8-11(9-6-7-9)12(13)10-4-2-1-3-5-10/h1-5,9H,6-8H2. The summed E-state index contributed by atoms with van der Waals surface area (Å²) < 4.78 is 124. The summed E-state index contributed by atoms with van der Waals surface area (Å²) >= 11 is 0. The first kappa shape index (κ1) is 20.2. The minimum Gasteiger partial charge on any atom is -0.217 e. The van der Waals surface area contributed by atoms with Crippen LogP contribution in [-0.4, -0.2) is 31.9 Å². The minimum absolute atomic E-state index is 0.0156. The van der Waals surface area contributed by atoms with Gasteiger partial charge in [0.05, 0.1) is 0 Å². The highest BCUT2D eigenvalue weighted by Crippen LogP contribution is 2.64. The van der Waals surface area contributed by atoms with Gasteiger partial charge in [0.25, 0.3) is 19.7 Å². The van der Waals surface area contributed by atoms with E-state index in [9.17, 15) is 43.2 Å². The summed E-state index contributed by atoms with van der Waals surface area (Å²) in [4.78, 5) is 0. The maximum atomic E-state index is 13.3. The van der Waals surface area contributed by atoms with Crippen LogP contribution >= 0.6 is 0 Å². The molecule has 0 bridgehead atoms. The van der Waals surface area contributed by atoms with Gasteiger partial charge in [0.2, 0.25) is 4.08 Å². The highest BCUT2D eigenvalue weighted by Gasteiger charge is 2.78. The smallest absolute Gasteiger partial charge is 0.217 e. The van der Waals surface area contributed by atoms with E-state index in [1.54, 1.807) is 0 Å². The van der Waals surface area contributed by atoms with Crippen LogP contribution in [0.2, 0.25) is 0 Å². The third-order valence-electron chi connectivity index (χ3n) is 4.74. The fourth-order valence-electron chi connectivity index (χ4n) is 3.33. The van der Waals surface area contributed by atoms with Gasteiger partial charge in [-0.25, -0.2) is 16.8 Å². The summed E-state index contributed by atoms with van der Waals surface area (Å²) in [6.07, 6.45) is -0.453. The molecule has 0 heterocycles. The van der Waals surface area contributed by atoms with Crippen LogP contribution in [0.15, 0.2) is 35.9 Å². The number of sulfone groups is 2. The number of halogens is 6. The molecule has 0 N–H and O–H groups in total. The van der Waals surface area contributed by atoms with E-state index in [2.05, 4.69) is 0 Å². The van der Waals surface area contributed by atoms with Crippen molar-refractivity contribution in [2.75, 3.05) is 0 Å². The molecule has 0 aromatic heterocycles. The summed E-state index contributed by atoms with van der Waals surface area (Å²) in [6, 6.07) is 6.16. The van der Waals surface area contributed by atoms with Gasteiger partial charge in [-0.15, -0.1) is 0 Å². The first-order valence-corrected chi connectivity index (χ1v) is 10.6. The zero-order chi connectivity index (χ0) is 20.5. The molecule has 0 spiro atoms. The van der Waals surface area contributed by atoms with E-state index in [0.29, 0.717) is 12.8 Å². The predicted octanol–water partition coefficient (Wildman–Crippen LogP) is 3.82. The lowest BCUT2D eigenvalue weighted by atomic mass is 9.80. The van der Waals surface area contributed by atoms with Gasteiger partial charge in [-0.3, -0.25) is 0 Å². The minimum atomic E-state index is -6.74. The Morgan fingerprint density at radius 1 is 0.815 bits per heavy atom. The lowest BCUT2D eigenvalue weighted by Gasteiger charge is -2.45. The average molecular weight is 434 g/mol. The quantitative estimate of drug-likeness (QED) is 0.676. The Morgan fingerprint density at radius 3 is 1.63 bits per heavy atom. The second-order valence-electron chi connectivity index (χ2n) is 6.37. The Bertz CT molecular complexity index is 957. The molecule has 0 aliphatic heterocycles. The van der Waals surface area contributed by atoms with Gasteiger partial charge in [-0.1, -0.05) is 35.9 Å². The first-order valence-electron chi connectivity index (χ1n) is 7.59. The maximum absolute atomic E-state index is 13.3. The van der Waals surface area contributed by atoms with E-state index in [0.717, 1.165) is 12.1 Å². The Balaban J connectivity index is 2.41. The Labute approximate surface area is 150 Å². The molecular formula is C15H12F6O4S2. The monoisotopic (exact) mass is 434 g/mol. The number of rotatable bonds is 4. The third kappa shape index (κ3) is 2.63. The van der Waals surface area contributed by atoms with Crippen molar-refractivity contribution in [1.29, 1.82) is 0 Å². The van der Waals surface area contributed by atoms with Crippen LogP contribution in [0, 0.1) is 5.92 Å². The van der Waals surface area contributed by atoms with Crippen molar-refractivity contribution in [3.8, 4) is 0 Å². The van der Waals surface area contributed by atoms with Crippen molar-refractivity contribution in [2.24, 2.45) is 5.92 Å². The summed E-state index contributed by atoms with van der Waals surface area (Å²) in [5.74, 6) is -0.416. The molecule has 12 heteroatoms. The van der Waals surface area contributed by atoms with Gasteiger partial charge in [0.15, 0.2) is 0 Å². The van der Waals surface area contributed by atoms with Crippen molar-refractivity contribution < 1.29 is 43.2 Å². The predicted molar refractivity (Wildman–Crippen MR) is 83.4 cm³/mol. The van der Waals surface area contributed by atoms with E-state index < -0.39 is 52.7 Å². The SMILES string of the molecule is O=S(=O)(C(F)(F)F)C1(S(=O)(=O)C(F)(F)F)CC(C2CC2)=C1c1ccccc1. The van der Waals surface area contributed by atoms with Crippen LogP contribution in [0.3, 0.4) is 0 Å². The zero-order valence-electron chi connectivity index (χ0n) is 13.3. The summed E-state index contributed by atoms with van der Waals surface area (Å²) in [6.45, 7) is 0. The molecule has 0 unspecified atom stereocenters. The van der Waals surface area contributed by atoms with E-state index in [1.807, 2.05) is 0 Å². The van der Waals surface area contributed by atoms with Crippen molar-refractivity contribution in [2.45, 2.75) is 34.4 Å². The Morgan fingerprint density at radius 2 is 1.26 bits per heavy atom. The second-order valence-corrected chi connectivity index (χ2v) is 11.0. The number of hydrogen-bond donors (Lipinski definition) is 0. The number of benzene rings is 1. The molecule has 150 valence electrons. The van der Waals surface area contributed by atoms with E-state index in [4.69, 9.17) is 0 Å². The summed E-state index contributed by atoms with van der Waals surface area (Å²) in [5.41, 5.74) is -13.5. The molecule has 0 radical (unpaired) electrons. The van der Waals surface area contributed by atoms with Gasteiger partial charge in [-0.05, 0) is 29.9 Å². The van der Waals surface area contributed by atoms with Crippen molar-refractivity contribution >= 4 is 25.2 Å². The van der Waals surface area contributed by atoms with Crippen LogP contribution in [0.4, 0.5) is 26.3 Å².